The number of aromatic nitrogens is 4. The molecule has 0 unspecified atom stereocenters. The van der Waals surface area contributed by atoms with Crippen LogP contribution in [0.5, 0.6) is 0 Å². The van der Waals surface area contributed by atoms with E-state index in [2.05, 4.69) is 20.2 Å². The summed E-state index contributed by atoms with van der Waals surface area (Å²) in [5.41, 5.74) is 1.98. The normalized spacial score (nSPS) is 10.9. The minimum Gasteiger partial charge on any atom is -0.319 e. The Balaban J connectivity index is 2.63. The number of aromatic amines is 1. The van der Waals surface area contributed by atoms with Crippen molar-refractivity contribution in [2.24, 2.45) is 0 Å². The summed E-state index contributed by atoms with van der Waals surface area (Å²) in [5.74, 6) is 0. The lowest BCUT2D eigenvalue weighted by atomic mass is 10.2. The molecule has 0 atom stereocenters. The molecule has 72 valence electrons. The van der Waals surface area contributed by atoms with Crippen LogP contribution in [0.3, 0.4) is 0 Å². The molecular formula is C10H6N4O. The standard InChI is InChI=1S/C10H6N4O/c15-9-5-11-8-2-1-7-6(10(8)13-9)3-4-12-14-7/h1-5H,(H,13,15). The van der Waals surface area contributed by atoms with E-state index in [-0.39, 0.29) is 5.56 Å². The molecule has 0 aliphatic rings. The third-order valence-corrected chi connectivity index (χ3v) is 2.24. The highest BCUT2D eigenvalue weighted by Crippen LogP contribution is 2.18. The van der Waals surface area contributed by atoms with Crippen LogP contribution in [0.2, 0.25) is 0 Å². The summed E-state index contributed by atoms with van der Waals surface area (Å²) < 4.78 is 0. The molecule has 5 nitrogen and oxygen atoms in total. The lowest BCUT2D eigenvalue weighted by Crippen LogP contribution is -2.05. The maximum Gasteiger partial charge on any atom is 0.266 e. The molecule has 2 heterocycles. The van der Waals surface area contributed by atoms with Gasteiger partial charge in [-0.2, -0.15) is 10.2 Å². The van der Waals surface area contributed by atoms with Gasteiger partial charge in [-0.3, -0.25) is 4.79 Å². The van der Waals surface area contributed by atoms with Crippen LogP contribution in [-0.4, -0.2) is 20.2 Å². The Kier molecular flexibility index (Phi) is 1.53. The number of rotatable bonds is 0. The first kappa shape index (κ1) is 8.05. The van der Waals surface area contributed by atoms with Crippen molar-refractivity contribution in [2.45, 2.75) is 0 Å². The zero-order valence-electron chi connectivity index (χ0n) is 7.64. The molecule has 0 spiro atoms. The summed E-state index contributed by atoms with van der Waals surface area (Å²) >= 11 is 0. The Morgan fingerprint density at radius 2 is 2.00 bits per heavy atom. The van der Waals surface area contributed by atoms with E-state index in [1.165, 1.54) is 6.20 Å². The predicted octanol–water partition coefficient (Wildman–Crippen LogP) is 0.866. The predicted molar refractivity (Wildman–Crippen MR) is 55.5 cm³/mol. The molecule has 0 saturated carbocycles. The molecule has 0 amide bonds. The van der Waals surface area contributed by atoms with Crippen LogP contribution in [0.4, 0.5) is 0 Å². The van der Waals surface area contributed by atoms with E-state index in [1.807, 2.05) is 18.2 Å². The summed E-state index contributed by atoms with van der Waals surface area (Å²) in [6.45, 7) is 0. The Bertz CT molecular complexity index is 704. The fourth-order valence-electron chi connectivity index (χ4n) is 1.58. The van der Waals surface area contributed by atoms with E-state index < -0.39 is 0 Å². The zero-order chi connectivity index (χ0) is 10.3. The van der Waals surface area contributed by atoms with Crippen molar-refractivity contribution in [1.82, 2.24) is 20.2 Å². The molecule has 0 fully saturated rings. The highest BCUT2D eigenvalue weighted by atomic mass is 16.1. The van der Waals surface area contributed by atoms with Crippen LogP contribution in [-0.2, 0) is 0 Å². The monoisotopic (exact) mass is 198 g/mol. The zero-order valence-corrected chi connectivity index (χ0v) is 7.64. The number of hydrogen-bond donors (Lipinski definition) is 1. The summed E-state index contributed by atoms with van der Waals surface area (Å²) in [7, 11) is 0. The van der Waals surface area contributed by atoms with Gasteiger partial charge < -0.3 is 4.98 Å². The number of hydrogen-bond acceptors (Lipinski definition) is 4. The Morgan fingerprint density at radius 3 is 2.93 bits per heavy atom. The summed E-state index contributed by atoms with van der Waals surface area (Å²) in [4.78, 5) is 18.0. The third kappa shape index (κ3) is 1.17. The van der Waals surface area contributed by atoms with E-state index in [4.69, 9.17) is 0 Å². The molecule has 0 aliphatic carbocycles. The Labute approximate surface area is 83.8 Å². The second-order valence-corrected chi connectivity index (χ2v) is 3.17. The largest absolute Gasteiger partial charge is 0.319 e. The van der Waals surface area contributed by atoms with Gasteiger partial charge >= 0.3 is 0 Å². The highest BCUT2D eigenvalue weighted by molar-refractivity contribution is 6.01. The van der Waals surface area contributed by atoms with Gasteiger partial charge in [-0.05, 0) is 18.2 Å². The van der Waals surface area contributed by atoms with Crippen LogP contribution in [0.1, 0.15) is 0 Å². The van der Waals surface area contributed by atoms with Crippen molar-refractivity contribution >= 4 is 21.9 Å². The molecule has 1 N–H and O–H groups in total. The van der Waals surface area contributed by atoms with Gasteiger partial charge in [0.1, 0.15) is 0 Å². The van der Waals surface area contributed by atoms with E-state index >= 15 is 0 Å². The molecule has 0 aliphatic heterocycles. The van der Waals surface area contributed by atoms with Crippen LogP contribution < -0.4 is 5.56 Å². The number of nitrogens with one attached hydrogen (secondary N) is 1. The number of fused-ring (bicyclic) bond motifs is 3. The van der Waals surface area contributed by atoms with Gasteiger partial charge in [0.2, 0.25) is 0 Å². The van der Waals surface area contributed by atoms with Crippen molar-refractivity contribution in [1.29, 1.82) is 0 Å². The Hall–Kier alpha value is -2.30. The van der Waals surface area contributed by atoms with Crippen molar-refractivity contribution < 1.29 is 0 Å². The third-order valence-electron chi connectivity index (χ3n) is 2.24. The number of benzene rings is 1. The van der Waals surface area contributed by atoms with Crippen LogP contribution in [0, 0.1) is 0 Å². The van der Waals surface area contributed by atoms with Gasteiger partial charge in [0, 0.05) is 5.39 Å². The van der Waals surface area contributed by atoms with Gasteiger partial charge in [-0.25, -0.2) is 4.98 Å². The van der Waals surface area contributed by atoms with Gasteiger partial charge in [-0.1, -0.05) is 0 Å². The smallest absolute Gasteiger partial charge is 0.266 e. The SMILES string of the molecule is O=c1cnc2ccc3nnccc3c2[nH]1. The summed E-state index contributed by atoms with van der Waals surface area (Å²) in [5, 5.41) is 8.60. The second-order valence-electron chi connectivity index (χ2n) is 3.17. The molecule has 0 bridgehead atoms. The molecule has 5 heteroatoms. The topological polar surface area (TPSA) is 71.5 Å². The molecule has 15 heavy (non-hydrogen) atoms. The van der Waals surface area contributed by atoms with Crippen molar-refractivity contribution in [3.63, 3.8) is 0 Å². The minimum absolute atomic E-state index is 0.216. The summed E-state index contributed by atoms with van der Waals surface area (Å²) in [6, 6.07) is 5.44. The minimum atomic E-state index is -0.216. The van der Waals surface area contributed by atoms with Gasteiger partial charge in [-0.15, -0.1) is 0 Å². The van der Waals surface area contributed by atoms with E-state index in [0.29, 0.717) is 5.52 Å². The van der Waals surface area contributed by atoms with Gasteiger partial charge in [0.25, 0.3) is 5.56 Å². The fraction of sp³-hybridized carbons (Fsp3) is 0. The van der Waals surface area contributed by atoms with Crippen LogP contribution in [0.15, 0.2) is 35.4 Å². The second kappa shape index (κ2) is 2.84. The fourth-order valence-corrected chi connectivity index (χ4v) is 1.58. The Morgan fingerprint density at radius 1 is 1.13 bits per heavy atom. The van der Waals surface area contributed by atoms with Gasteiger partial charge in [0.05, 0.1) is 28.9 Å². The van der Waals surface area contributed by atoms with Crippen LogP contribution >= 0.6 is 0 Å². The quantitative estimate of drug-likeness (QED) is 0.544. The van der Waals surface area contributed by atoms with E-state index in [0.717, 1.165) is 16.4 Å². The molecule has 2 aromatic heterocycles. The molecular weight excluding hydrogens is 192 g/mol. The molecule has 3 rings (SSSR count). The number of nitrogens with zero attached hydrogens (tertiary/aromatic N) is 3. The van der Waals surface area contributed by atoms with Crippen LogP contribution in [0.25, 0.3) is 21.9 Å². The van der Waals surface area contributed by atoms with Crippen molar-refractivity contribution in [3.8, 4) is 0 Å². The lowest BCUT2D eigenvalue weighted by molar-refractivity contribution is 1.08. The average Bonchev–Trinajstić information content (AvgIpc) is 2.29. The molecule has 0 radical (unpaired) electrons. The maximum atomic E-state index is 11.2. The van der Waals surface area contributed by atoms with Crippen molar-refractivity contribution in [3.05, 3.63) is 40.9 Å². The highest BCUT2D eigenvalue weighted by Gasteiger charge is 2.02. The lowest BCUT2D eigenvalue weighted by Gasteiger charge is -1.99. The summed E-state index contributed by atoms with van der Waals surface area (Å²) in [6.07, 6.45) is 2.86. The average molecular weight is 198 g/mol. The van der Waals surface area contributed by atoms with Crippen molar-refractivity contribution in [2.75, 3.05) is 0 Å². The van der Waals surface area contributed by atoms with E-state index in [9.17, 15) is 4.79 Å². The molecule has 1 aromatic carbocycles. The first-order valence-corrected chi connectivity index (χ1v) is 4.44. The molecule has 3 aromatic rings. The first-order valence-electron chi connectivity index (χ1n) is 4.44. The first-order chi connectivity index (χ1) is 7.34. The molecule has 0 saturated heterocycles. The van der Waals surface area contributed by atoms with Gasteiger partial charge in [0.15, 0.2) is 0 Å². The number of H-pyrrole nitrogens is 1. The maximum absolute atomic E-state index is 11.2. The van der Waals surface area contributed by atoms with E-state index in [1.54, 1.807) is 6.20 Å².